The standard InChI is InChI=1S/C9H15N3OS/c1-10-8-11-7(12-14-8)9(13-2)5-3-4-6-9/h3-6H2,1-2H3,(H,10,11,12). The summed E-state index contributed by atoms with van der Waals surface area (Å²) in [6, 6.07) is 0. The van der Waals surface area contributed by atoms with E-state index in [4.69, 9.17) is 4.74 Å². The number of nitrogens with one attached hydrogen (secondary N) is 1. The summed E-state index contributed by atoms with van der Waals surface area (Å²) in [6.07, 6.45) is 4.51. The summed E-state index contributed by atoms with van der Waals surface area (Å²) < 4.78 is 9.95. The van der Waals surface area contributed by atoms with Crippen molar-refractivity contribution in [3.63, 3.8) is 0 Å². The van der Waals surface area contributed by atoms with Crippen LogP contribution in [0.1, 0.15) is 31.5 Å². The molecule has 0 aromatic carbocycles. The van der Waals surface area contributed by atoms with Crippen LogP contribution >= 0.6 is 11.5 Å². The fourth-order valence-electron chi connectivity index (χ4n) is 1.98. The predicted octanol–water partition coefficient (Wildman–Crippen LogP) is 2.00. The summed E-state index contributed by atoms with van der Waals surface area (Å²) in [5.41, 5.74) is -0.203. The number of hydrogen-bond donors (Lipinski definition) is 1. The first-order valence-electron chi connectivity index (χ1n) is 4.88. The van der Waals surface area contributed by atoms with E-state index in [1.54, 1.807) is 7.11 Å². The molecule has 0 bridgehead atoms. The van der Waals surface area contributed by atoms with Crippen LogP contribution in [0.2, 0.25) is 0 Å². The molecule has 1 aromatic heterocycles. The topological polar surface area (TPSA) is 47.0 Å². The lowest BCUT2D eigenvalue weighted by molar-refractivity contribution is -0.0152. The highest BCUT2D eigenvalue weighted by Crippen LogP contribution is 2.40. The lowest BCUT2D eigenvalue weighted by Gasteiger charge is -2.23. The second kappa shape index (κ2) is 3.82. The van der Waals surface area contributed by atoms with Crippen LogP contribution in [0.5, 0.6) is 0 Å². The van der Waals surface area contributed by atoms with Gasteiger partial charge in [-0.1, -0.05) is 0 Å². The van der Waals surface area contributed by atoms with E-state index in [1.807, 2.05) is 7.05 Å². The van der Waals surface area contributed by atoms with E-state index >= 15 is 0 Å². The van der Waals surface area contributed by atoms with Gasteiger partial charge >= 0.3 is 0 Å². The Kier molecular flexibility index (Phi) is 2.69. The smallest absolute Gasteiger partial charge is 0.202 e. The maximum atomic E-state index is 5.60. The van der Waals surface area contributed by atoms with Gasteiger partial charge in [0.2, 0.25) is 5.13 Å². The molecule has 0 saturated heterocycles. The summed E-state index contributed by atoms with van der Waals surface area (Å²) in [6.45, 7) is 0. The van der Waals surface area contributed by atoms with E-state index in [-0.39, 0.29) is 5.60 Å². The number of ether oxygens (including phenoxy) is 1. The second-order valence-electron chi connectivity index (χ2n) is 3.58. The van der Waals surface area contributed by atoms with Gasteiger partial charge in [-0.15, -0.1) is 0 Å². The Morgan fingerprint density at radius 3 is 2.64 bits per heavy atom. The van der Waals surface area contributed by atoms with Crippen molar-refractivity contribution in [2.45, 2.75) is 31.3 Å². The molecule has 0 unspecified atom stereocenters. The van der Waals surface area contributed by atoms with Crippen molar-refractivity contribution in [3.05, 3.63) is 5.82 Å². The maximum absolute atomic E-state index is 5.60. The normalized spacial score (nSPS) is 19.9. The fourth-order valence-corrected chi connectivity index (χ4v) is 2.57. The summed E-state index contributed by atoms with van der Waals surface area (Å²) in [5, 5.41) is 3.87. The molecule has 14 heavy (non-hydrogen) atoms. The van der Waals surface area contributed by atoms with Crippen LogP contribution in [0.15, 0.2) is 0 Å². The van der Waals surface area contributed by atoms with Gasteiger partial charge < -0.3 is 10.1 Å². The monoisotopic (exact) mass is 213 g/mol. The molecule has 78 valence electrons. The molecule has 0 atom stereocenters. The molecule has 5 heteroatoms. The molecule has 0 aliphatic heterocycles. The molecule has 0 radical (unpaired) electrons. The van der Waals surface area contributed by atoms with Gasteiger partial charge in [-0.3, -0.25) is 0 Å². The number of rotatable bonds is 3. The third-order valence-corrected chi connectivity index (χ3v) is 3.58. The minimum atomic E-state index is -0.203. The van der Waals surface area contributed by atoms with Gasteiger partial charge in [-0.05, 0) is 25.7 Å². The van der Waals surface area contributed by atoms with Crippen molar-refractivity contribution in [1.29, 1.82) is 0 Å². The van der Waals surface area contributed by atoms with Crippen LogP contribution in [0, 0.1) is 0 Å². The SMILES string of the molecule is CNc1nc(C2(OC)CCCC2)ns1. The number of nitrogens with zero attached hydrogens (tertiary/aromatic N) is 2. The Balaban J connectivity index is 2.26. The average Bonchev–Trinajstić information content (AvgIpc) is 2.87. The molecule has 4 nitrogen and oxygen atoms in total. The Morgan fingerprint density at radius 1 is 1.43 bits per heavy atom. The highest BCUT2D eigenvalue weighted by atomic mass is 32.1. The summed E-state index contributed by atoms with van der Waals surface area (Å²) >= 11 is 1.40. The third-order valence-electron chi connectivity index (χ3n) is 2.85. The Hall–Kier alpha value is -0.680. The zero-order valence-electron chi connectivity index (χ0n) is 8.54. The van der Waals surface area contributed by atoms with Gasteiger partial charge in [0.1, 0.15) is 5.60 Å². The first kappa shape index (κ1) is 9.86. The van der Waals surface area contributed by atoms with Crippen LogP contribution in [-0.4, -0.2) is 23.5 Å². The van der Waals surface area contributed by atoms with Crippen LogP contribution in [0.4, 0.5) is 5.13 Å². The van der Waals surface area contributed by atoms with Gasteiger partial charge in [-0.2, -0.15) is 4.37 Å². The van der Waals surface area contributed by atoms with Gasteiger partial charge in [0.05, 0.1) is 0 Å². The molecular weight excluding hydrogens is 198 g/mol. The number of anilines is 1. The zero-order valence-corrected chi connectivity index (χ0v) is 9.36. The van der Waals surface area contributed by atoms with E-state index in [0.29, 0.717) is 0 Å². The van der Waals surface area contributed by atoms with Crippen molar-refractivity contribution in [1.82, 2.24) is 9.36 Å². The quantitative estimate of drug-likeness (QED) is 0.834. The molecule has 0 spiro atoms. The van der Waals surface area contributed by atoms with Crippen molar-refractivity contribution in [2.75, 3.05) is 19.5 Å². The molecule has 1 aromatic rings. The van der Waals surface area contributed by atoms with Gasteiger partial charge in [0, 0.05) is 25.7 Å². The average molecular weight is 213 g/mol. The summed E-state index contributed by atoms with van der Waals surface area (Å²) in [7, 11) is 3.61. The zero-order chi connectivity index (χ0) is 10.0. The van der Waals surface area contributed by atoms with Crippen LogP contribution in [0.3, 0.4) is 0 Å². The molecule has 1 aliphatic carbocycles. The van der Waals surface area contributed by atoms with Crippen LogP contribution in [-0.2, 0) is 10.3 Å². The van der Waals surface area contributed by atoms with E-state index < -0.39 is 0 Å². The largest absolute Gasteiger partial charge is 0.370 e. The first-order chi connectivity index (χ1) is 6.80. The molecule has 0 amide bonds. The summed E-state index contributed by atoms with van der Waals surface area (Å²) in [4.78, 5) is 4.43. The number of aromatic nitrogens is 2. The number of methoxy groups -OCH3 is 1. The van der Waals surface area contributed by atoms with E-state index in [0.717, 1.165) is 23.8 Å². The number of hydrogen-bond acceptors (Lipinski definition) is 5. The molecule has 1 heterocycles. The van der Waals surface area contributed by atoms with E-state index in [2.05, 4.69) is 14.7 Å². The Morgan fingerprint density at radius 2 is 2.14 bits per heavy atom. The van der Waals surface area contributed by atoms with Crippen molar-refractivity contribution < 1.29 is 4.74 Å². The van der Waals surface area contributed by atoms with Crippen LogP contribution < -0.4 is 5.32 Å². The fraction of sp³-hybridized carbons (Fsp3) is 0.778. The minimum Gasteiger partial charge on any atom is -0.370 e. The summed E-state index contributed by atoms with van der Waals surface area (Å²) in [5.74, 6) is 0.854. The first-order valence-corrected chi connectivity index (χ1v) is 5.65. The second-order valence-corrected chi connectivity index (χ2v) is 4.33. The maximum Gasteiger partial charge on any atom is 0.202 e. The van der Waals surface area contributed by atoms with Crippen molar-refractivity contribution >= 4 is 16.7 Å². The molecule has 1 saturated carbocycles. The van der Waals surface area contributed by atoms with E-state index in [1.165, 1.54) is 24.4 Å². The van der Waals surface area contributed by atoms with Gasteiger partial charge in [0.15, 0.2) is 5.82 Å². The Bertz CT molecular complexity index is 307. The van der Waals surface area contributed by atoms with Crippen LogP contribution in [0.25, 0.3) is 0 Å². The molecule has 1 aliphatic rings. The van der Waals surface area contributed by atoms with Gasteiger partial charge in [0.25, 0.3) is 0 Å². The third kappa shape index (κ3) is 1.50. The molecule has 1 N–H and O–H groups in total. The minimum absolute atomic E-state index is 0.203. The molecular formula is C9H15N3OS. The van der Waals surface area contributed by atoms with Gasteiger partial charge in [-0.25, -0.2) is 4.98 Å². The lowest BCUT2D eigenvalue weighted by atomic mass is 10.0. The van der Waals surface area contributed by atoms with E-state index in [9.17, 15) is 0 Å². The van der Waals surface area contributed by atoms with Crippen molar-refractivity contribution in [3.8, 4) is 0 Å². The molecule has 1 fully saturated rings. The lowest BCUT2D eigenvalue weighted by Crippen LogP contribution is -2.25. The van der Waals surface area contributed by atoms with Crippen molar-refractivity contribution in [2.24, 2.45) is 0 Å². The highest BCUT2D eigenvalue weighted by Gasteiger charge is 2.39. The predicted molar refractivity (Wildman–Crippen MR) is 56.6 cm³/mol. The molecule has 2 rings (SSSR count). The Labute approximate surface area is 87.9 Å². The highest BCUT2D eigenvalue weighted by molar-refractivity contribution is 7.09.